The summed E-state index contributed by atoms with van der Waals surface area (Å²) in [7, 11) is 0. The van der Waals surface area contributed by atoms with Gasteiger partial charge in [-0.25, -0.2) is 9.37 Å². The second-order valence-corrected chi connectivity index (χ2v) is 7.34. The molecule has 0 saturated carbocycles. The molecule has 6 heteroatoms. The Morgan fingerprint density at radius 3 is 2.71 bits per heavy atom. The SMILES string of the molecule is O=C(Nc1ccc(-c2nc3ccc(F)cc3[nH]2)cc1)c1csc2ccccc12. The van der Waals surface area contributed by atoms with E-state index in [1.165, 1.54) is 12.1 Å². The molecule has 28 heavy (non-hydrogen) atoms. The zero-order valence-electron chi connectivity index (χ0n) is 14.6. The predicted molar refractivity (Wildman–Crippen MR) is 111 cm³/mol. The van der Waals surface area contributed by atoms with Crippen molar-refractivity contribution in [2.45, 2.75) is 0 Å². The van der Waals surface area contributed by atoms with E-state index in [-0.39, 0.29) is 11.7 Å². The molecule has 3 aromatic carbocycles. The van der Waals surface area contributed by atoms with Crippen LogP contribution in [0.5, 0.6) is 0 Å². The largest absolute Gasteiger partial charge is 0.338 e. The number of anilines is 1. The van der Waals surface area contributed by atoms with Crippen LogP contribution in [0.4, 0.5) is 10.1 Å². The van der Waals surface area contributed by atoms with Gasteiger partial charge in [0.1, 0.15) is 11.6 Å². The Balaban J connectivity index is 1.39. The molecule has 0 radical (unpaired) electrons. The molecular weight excluding hydrogens is 373 g/mol. The number of fused-ring (bicyclic) bond motifs is 2. The number of thiophene rings is 1. The third kappa shape index (κ3) is 2.93. The molecule has 0 aliphatic heterocycles. The minimum Gasteiger partial charge on any atom is -0.338 e. The Labute approximate surface area is 163 Å². The molecule has 0 unspecified atom stereocenters. The lowest BCUT2D eigenvalue weighted by Gasteiger charge is -2.05. The summed E-state index contributed by atoms with van der Waals surface area (Å²) in [4.78, 5) is 20.2. The van der Waals surface area contributed by atoms with Gasteiger partial charge in [-0.1, -0.05) is 18.2 Å². The summed E-state index contributed by atoms with van der Waals surface area (Å²) < 4.78 is 14.4. The van der Waals surface area contributed by atoms with Gasteiger partial charge in [-0.15, -0.1) is 11.3 Å². The number of rotatable bonds is 3. The Morgan fingerprint density at radius 1 is 1.04 bits per heavy atom. The third-order valence-electron chi connectivity index (χ3n) is 4.59. The van der Waals surface area contributed by atoms with E-state index in [1.54, 1.807) is 17.4 Å². The minimum atomic E-state index is -0.304. The van der Waals surface area contributed by atoms with Gasteiger partial charge in [-0.05, 0) is 48.5 Å². The Morgan fingerprint density at radius 2 is 1.86 bits per heavy atom. The molecule has 5 aromatic rings. The molecule has 0 atom stereocenters. The molecule has 0 fully saturated rings. The van der Waals surface area contributed by atoms with E-state index in [0.29, 0.717) is 28.1 Å². The number of hydrogen-bond donors (Lipinski definition) is 2. The molecular formula is C22H14FN3OS. The summed E-state index contributed by atoms with van der Waals surface area (Å²) in [5.41, 5.74) is 3.58. The molecule has 5 rings (SSSR count). The lowest BCUT2D eigenvalue weighted by Crippen LogP contribution is -2.11. The number of benzene rings is 3. The van der Waals surface area contributed by atoms with Crippen molar-refractivity contribution in [3.63, 3.8) is 0 Å². The van der Waals surface area contributed by atoms with E-state index in [2.05, 4.69) is 15.3 Å². The minimum absolute atomic E-state index is 0.135. The van der Waals surface area contributed by atoms with Gasteiger partial charge in [-0.3, -0.25) is 4.79 Å². The van der Waals surface area contributed by atoms with Gasteiger partial charge < -0.3 is 10.3 Å². The number of aromatic nitrogens is 2. The first-order valence-corrected chi connectivity index (χ1v) is 9.59. The number of aromatic amines is 1. The molecule has 0 aliphatic carbocycles. The van der Waals surface area contributed by atoms with Crippen LogP contribution in [0.25, 0.3) is 32.5 Å². The molecule has 136 valence electrons. The maximum absolute atomic E-state index is 13.3. The smallest absolute Gasteiger partial charge is 0.257 e. The van der Waals surface area contributed by atoms with Crippen LogP contribution in [0.15, 0.2) is 72.1 Å². The van der Waals surface area contributed by atoms with Crippen molar-refractivity contribution < 1.29 is 9.18 Å². The Hall–Kier alpha value is -3.51. The summed E-state index contributed by atoms with van der Waals surface area (Å²) in [6, 6.07) is 19.7. The number of amides is 1. The third-order valence-corrected chi connectivity index (χ3v) is 5.55. The van der Waals surface area contributed by atoms with E-state index >= 15 is 0 Å². The fraction of sp³-hybridized carbons (Fsp3) is 0. The van der Waals surface area contributed by atoms with E-state index < -0.39 is 0 Å². The fourth-order valence-corrected chi connectivity index (χ4v) is 4.12. The van der Waals surface area contributed by atoms with E-state index in [9.17, 15) is 9.18 Å². The van der Waals surface area contributed by atoms with Gasteiger partial charge in [0.25, 0.3) is 5.91 Å². The van der Waals surface area contributed by atoms with Crippen molar-refractivity contribution in [1.82, 2.24) is 9.97 Å². The number of nitrogens with one attached hydrogen (secondary N) is 2. The molecule has 0 bridgehead atoms. The average molecular weight is 387 g/mol. The second kappa shape index (κ2) is 6.58. The van der Waals surface area contributed by atoms with Crippen LogP contribution in [0.3, 0.4) is 0 Å². The quantitative estimate of drug-likeness (QED) is 0.409. The lowest BCUT2D eigenvalue weighted by molar-refractivity contribution is 0.102. The van der Waals surface area contributed by atoms with Crippen LogP contribution in [-0.4, -0.2) is 15.9 Å². The maximum Gasteiger partial charge on any atom is 0.257 e. The van der Waals surface area contributed by atoms with E-state index in [1.807, 2.05) is 53.9 Å². The average Bonchev–Trinajstić information content (AvgIpc) is 3.32. The molecule has 1 amide bonds. The highest BCUT2D eigenvalue weighted by atomic mass is 32.1. The molecule has 0 spiro atoms. The van der Waals surface area contributed by atoms with Crippen molar-refractivity contribution in [3.8, 4) is 11.4 Å². The van der Waals surface area contributed by atoms with Gasteiger partial charge >= 0.3 is 0 Å². The zero-order valence-corrected chi connectivity index (χ0v) is 15.4. The Bertz CT molecular complexity index is 1320. The van der Waals surface area contributed by atoms with Crippen molar-refractivity contribution in [3.05, 3.63) is 83.5 Å². The van der Waals surface area contributed by atoms with E-state index in [0.717, 1.165) is 15.6 Å². The number of halogens is 1. The number of hydrogen-bond acceptors (Lipinski definition) is 3. The highest BCUT2D eigenvalue weighted by Crippen LogP contribution is 2.27. The van der Waals surface area contributed by atoms with Crippen LogP contribution in [0, 0.1) is 5.82 Å². The fourth-order valence-electron chi connectivity index (χ4n) is 3.18. The van der Waals surface area contributed by atoms with Gasteiger partial charge in [-0.2, -0.15) is 0 Å². The van der Waals surface area contributed by atoms with Crippen molar-refractivity contribution >= 4 is 44.1 Å². The number of H-pyrrole nitrogens is 1. The molecule has 2 N–H and O–H groups in total. The van der Waals surface area contributed by atoms with Crippen molar-refractivity contribution in [2.24, 2.45) is 0 Å². The van der Waals surface area contributed by atoms with Crippen LogP contribution in [-0.2, 0) is 0 Å². The van der Waals surface area contributed by atoms with Gasteiger partial charge in [0.05, 0.1) is 16.6 Å². The number of imidazole rings is 1. The van der Waals surface area contributed by atoms with Crippen molar-refractivity contribution in [1.29, 1.82) is 0 Å². The van der Waals surface area contributed by atoms with Gasteiger partial charge in [0.2, 0.25) is 0 Å². The summed E-state index contributed by atoms with van der Waals surface area (Å²) in [6.45, 7) is 0. The lowest BCUT2D eigenvalue weighted by atomic mass is 10.1. The number of carbonyl (C=O) groups excluding carboxylic acids is 1. The first kappa shape index (κ1) is 16.6. The van der Waals surface area contributed by atoms with Crippen LogP contribution in [0.2, 0.25) is 0 Å². The zero-order chi connectivity index (χ0) is 19.1. The number of nitrogens with zero attached hydrogens (tertiary/aromatic N) is 1. The van der Waals surface area contributed by atoms with Crippen LogP contribution < -0.4 is 5.32 Å². The molecule has 0 aliphatic rings. The normalized spacial score (nSPS) is 11.2. The van der Waals surface area contributed by atoms with Crippen LogP contribution in [0.1, 0.15) is 10.4 Å². The first-order valence-electron chi connectivity index (χ1n) is 8.71. The predicted octanol–water partition coefficient (Wildman–Crippen LogP) is 5.84. The summed E-state index contributed by atoms with van der Waals surface area (Å²) in [5, 5.41) is 5.77. The van der Waals surface area contributed by atoms with E-state index in [4.69, 9.17) is 0 Å². The number of carbonyl (C=O) groups is 1. The van der Waals surface area contributed by atoms with Crippen LogP contribution >= 0.6 is 11.3 Å². The molecule has 4 nitrogen and oxygen atoms in total. The topological polar surface area (TPSA) is 57.8 Å². The summed E-state index contributed by atoms with van der Waals surface area (Å²) in [6.07, 6.45) is 0. The Kier molecular flexibility index (Phi) is 3.91. The highest BCUT2D eigenvalue weighted by molar-refractivity contribution is 7.17. The standard InChI is InChI=1S/C22H14FN3OS/c23-14-7-10-18-19(11-14)26-21(25-18)13-5-8-15(9-6-13)24-22(27)17-12-28-20-4-2-1-3-16(17)20/h1-12H,(H,24,27)(H,25,26). The summed E-state index contributed by atoms with van der Waals surface area (Å²) in [5.74, 6) is 0.216. The highest BCUT2D eigenvalue weighted by Gasteiger charge is 2.12. The maximum atomic E-state index is 13.3. The molecule has 2 heterocycles. The summed E-state index contributed by atoms with van der Waals surface area (Å²) >= 11 is 1.56. The van der Waals surface area contributed by atoms with Crippen molar-refractivity contribution in [2.75, 3.05) is 5.32 Å². The second-order valence-electron chi connectivity index (χ2n) is 6.42. The van der Waals surface area contributed by atoms with Gasteiger partial charge in [0, 0.05) is 26.7 Å². The molecule has 0 saturated heterocycles. The monoisotopic (exact) mass is 387 g/mol. The first-order chi connectivity index (χ1) is 13.7. The molecule has 2 aromatic heterocycles. The van der Waals surface area contributed by atoms with Gasteiger partial charge in [0.15, 0.2) is 0 Å².